The third-order valence-corrected chi connectivity index (χ3v) is 3.42. The van der Waals surface area contributed by atoms with Crippen LogP contribution in [0.3, 0.4) is 0 Å². The molecule has 0 saturated carbocycles. The van der Waals surface area contributed by atoms with Gasteiger partial charge in [0.25, 0.3) is 0 Å². The van der Waals surface area contributed by atoms with E-state index >= 15 is 0 Å². The van der Waals surface area contributed by atoms with E-state index in [1.807, 2.05) is 19.3 Å². The van der Waals surface area contributed by atoms with Crippen molar-refractivity contribution in [3.05, 3.63) is 22.5 Å². The quantitative estimate of drug-likeness (QED) is 0.847. The first-order valence-corrected chi connectivity index (χ1v) is 6.61. The minimum Gasteiger partial charge on any atom is -0.466 e. The zero-order valence-electron chi connectivity index (χ0n) is 10.6. The molecule has 1 aromatic rings. The first-order chi connectivity index (χ1) is 8.60. The van der Waals surface area contributed by atoms with Crippen LogP contribution in [0, 0.1) is 13.8 Å². The molecule has 0 saturated heterocycles. The molecule has 1 N–H and O–H groups in total. The Kier molecular flexibility index (Phi) is 3.86. The zero-order valence-corrected chi connectivity index (χ0v) is 11.4. The molecule has 6 heteroatoms. The Morgan fingerprint density at radius 2 is 2.11 bits per heavy atom. The number of nitrogens with zero attached hydrogens (tertiary/aromatic N) is 2. The van der Waals surface area contributed by atoms with E-state index in [0.29, 0.717) is 12.4 Å². The average Bonchev–Trinajstić information content (AvgIpc) is 2.31. The molecule has 0 aromatic carbocycles. The van der Waals surface area contributed by atoms with E-state index in [2.05, 4.69) is 15.3 Å². The van der Waals surface area contributed by atoms with Crippen molar-refractivity contribution >= 4 is 23.5 Å². The van der Waals surface area contributed by atoms with Gasteiger partial charge in [-0.05, 0) is 26.2 Å². The third kappa shape index (κ3) is 2.81. The molecule has 0 fully saturated rings. The standard InChI is InChI=1S/C12H15N3O2S/c1-4-17-10(16)5-9-6-18-12-11(15-9)13-7(2)8(3)14-12/h6H,4-5H2,1-3H3,(H,13,15). The molecule has 1 aromatic heterocycles. The maximum atomic E-state index is 11.4. The highest BCUT2D eigenvalue weighted by molar-refractivity contribution is 8.02. The Labute approximate surface area is 110 Å². The van der Waals surface area contributed by atoms with Crippen LogP contribution < -0.4 is 5.32 Å². The van der Waals surface area contributed by atoms with Crippen molar-refractivity contribution in [2.45, 2.75) is 32.2 Å². The van der Waals surface area contributed by atoms with Crippen molar-refractivity contribution in [2.75, 3.05) is 11.9 Å². The highest BCUT2D eigenvalue weighted by Crippen LogP contribution is 2.32. The van der Waals surface area contributed by atoms with E-state index in [9.17, 15) is 4.79 Å². The van der Waals surface area contributed by atoms with E-state index in [1.165, 1.54) is 11.8 Å². The van der Waals surface area contributed by atoms with E-state index in [4.69, 9.17) is 4.74 Å². The second kappa shape index (κ2) is 5.39. The van der Waals surface area contributed by atoms with Gasteiger partial charge in [-0.25, -0.2) is 9.97 Å². The van der Waals surface area contributed by atoms with E-state index in [0.717, 1.165) is 22.1 Å². The monoisotopic (exact) mass is 265 g/mol. The highest BCUT2D eigenvalue weighted by Gasteiger charge is 2.17. The second-order valence-electron chi connectivity index (χ2n) is 3.92. The summed E-state index contributed by atoms with van der Waals surface area (Å²) < 4.78 is 4.91. The number of esters is 1. The van der Waals surface area contributed by atoms with Gasteiger partial charge in [0.2, 0.25) is 0 Å². The van der Waals surface area contributed by atoms with Gasteiger partial charge in [-0.1, -0.05) is 11.8 Å². The number of aromatic nitrogens is 2. The summed E-state index contributed by atoms with van der Waals surface area (Å²) in [6, 6.07) is 0. The lowest BCUT2D eigenvalue weighted by molar-refractivity contribution is -0.142. The van der Waals surface area contributed by atoms with Gasteiger partial charge in [-0.15, -0.1) is 0 Å². The van der Waals surface area contributed by atoms with Crippen LogP contribution in [0.1, 0.15) is 24.7 Å². The Morgan fingerprint density at radius 3 is 2.83 bits per heavy atom. The molecule has 0 amide bonds. The smallest absolute Gasteiger partial charge is 0.311 e. The molecule has 2 rings (SSSR count). The van der Waals surface area contributed by atoms with Crippen molar-refractivity contribution in [1.29, 1.82) is 0 Å². The first-order valence-electron chi connectivity index (χ1n) is 5.73. The molecule has 0 unspecified atom stereocenters. The van der Waals surface area contributed by atoms with E-state index in [-0.39, 0.29) is 12.4 Å². The van der Waals surface area contributed by atoms with Gasteiger partial charge in [0, 0.05) is 5.70 Å². The fourth-order valence-corrected chi connectivity index (χ4v) is 2.30. The summed E-state index contributed by atoms with van der Waals surface area (Å²) in [5.74, 6) is 0.474. The molecule has 0 spiro atoms. The van der Waals surface area contributed by atoms with Crippen molar-refractivity contribution < 1.29 is 9.53 Å². The van der Waals surface area contributed by atoms with E-state index in [1.54, 1.807) is 6.92 Å². The number of rotatable bonds is 3. The second-order valence-corrected chi connectivity index (χ2v) is 4.77. The van der Waals surface area contributed by atoms with Gasteiger partial charge in [0.15, 0.2) is 5.82 Å². The number of nitrogens with one attached hydrogen (secondary N) is 1. The molecule has 0 aliphatic carbocycles. The van der Waals surface area contributed by atoms with Gasteiger partial charge in [-0.2, -0.15) is 0 Å². The predicted molar refractivity (Wildman–Crippen MR) is 70.3 cm³/mol. The highest BCUT2D eigenvalue weighted by atomic mass is 32.2. The lowest BCUT2D eigenvalue weighted by Crippen LogP contribution is -2.14. The number of hydrogen-bond donors (Lipinski definition) is 1. The van der Waals surface area contributed by atoms with Crippen LogP contribution in [0.4, 0.5) is 5.82 Å². The van der Waals surface area contributed by atoms with E-state index < -0.39 is 0 Å². The maximum absolute atomic E-state index is 11.4. The number of thioether (sulfide) groups is 1. The summed E-state index contributed by atoms with van der Waals surface area (Å²) in [6.07, 6.45) is 0.231. The number of hydrogen-bond acceptors (Lipinski definition) is 6. The third-order valence-electron chi connectivity index (χ3n) is 2.51. The zero-order chi connectivity index (χ0) is 13.1. The average molecular weight is 265 g/mol. The van der Waals surface area contributed by atoms with Crippen LogP contribution in [-0.4, -0.2) is 22.5 Å². The summed E-state index contributed by atoms with van der Waals surface area (Å²) in [7, 11) is 0. The Hall–Kier alpha value is -1.56. The van der Waals surface area contributed by atoms with Crippen molar-refractivity contribution in [3.63, 3.8) is 0 Å². The lowest BCUT2D eigenvalue weighted by atomic mass is 10.3. The molecule has 1 aliphatic heterocycles. The normalized spacial score (nSPS) is 13.4. The minimum atomic E-state index is -0.239. The SMILES string of the molecule is CCOC(=O)CC1=CSc2nc(C)c(C)nc2N1. The molecule has 5 nitrogen and oxygen atoms in total. The largest absolute Gasteiger partial charge is 0.466 e. The number of carbonyl (C=O) groups is 1. The number of aryl methyl sites for hydroxylation is 2. The predicted octanol–water partition coefficient (Wildman–Crippen LogP) is 2.41. The Balaban J connectivity index is 2.11. The number of ether oxygens (including phenoxy) is 1. The van der Waals surface area contributed by atoms with Gasteiger partial charge >= 0.3 is 5.97 Å². The molecule has 1 aliphatic rings. The van der Waals surface area contributed by atoms with Gasteiger partial charge in [0.1, 0.15) is 5.03 Å². The Bertz CT molecular complexity index is 514. The first kappa shape index (κ1) is 12.9. The van der Waals surface area contributed by atoms with Gasteiger partial charge in [-0.3, -0.25) is 4.79 Å². The number of anilines is 1. The molecular weight excluding hydrogens is 250 g/mol. The molecule has 0 bridgehead atoms. The van der Waals surface area contributed by atoms with Crippen LogP contribution in [0.25, 0.3) is 0 Å². The minimum absolute atomic E-state index is 0.231. The van der Waals surface area contributed by atoms with Crippen LogP contribution in [-0.2, 0) is 9.53 Å². The number of fused-ring (bicyclic) bond motifs is 1. The van der Waals surface area contributed by atoms with Crippen molar-refractivity contribution in [3.8, 4) is 0 Å². The number of carbonyl (C=O) groups excluding carboxylic acids is 1. The molecule has 2 heterocycles. The molecule has 18 heavy (non-hydrogen) atoms. The topological polar surface area (TPSA) is 64.1 Å². The maximum Gasteiger partial charge on any atom is 0.311 e. The fraction of sp³-hybridized carbons (Fsp3) is 0.417. The molecular formula is C12H15N3O2S. The fourth-order valence-electron chi connectivity index (χ4n) is 1.51. The summed E-state index contributed by atoms with van der Waals surface area (Å²) >= 11 is 1.47. The molecule has 0 atom stereocenters. The van der Waals surface area contributed by atoms with Crippen molar-refractivity contribution in [2.24, 2.45) is 0 Å². The van der Waals surface area contributed by atoms with Crippen molar-refractivity contribution in [1.82, 2.24) is 9.97 Å². The van der Waals surface area contributed by atoms with Crippen LogP contribution in [0.5, 0.6) is 0 Å². The molecule has 96 valence electrons. The Morgan fingerprint density at radius 1 is 1.39 bits per heavy atom. The summed E-state index contributed by atoms with van der Waals surface area (Å²) in [4.78, 5) is 20.3. The van der Waals surface area contributed by atoms with Crippen LogP contribution >= 0.6 is 11.8 Å². The molecule has 0 radical (unpaired) electrons. The van der Waals surface area contributed by atoms with Crippen LogP contribution in [0.15, 0.2) is 16.1 Å². The van der Waals surface area contributed by atoms with Crippen LogP contribution in [0.2, 0.25) is 0 Å². The summed E-state index contributed by atoms with van der Waals surface area (Å²) in [5, 5.41) is 5.84. The summed E-state index contributed by atoms with van der Waals surface area (Å²) in [6.45, 7) is 6.04. The lowest BCUT2D eigenvalue weighted by Gasteiger charge is -2.17. The van der Waals surface area contributed by atoms with Gasteiger partial charge < -0.3 is 10.1 Å². The summed E-state index contributed by atoms with van der Waals surface area (Å²) in [5.41, 5.74) is 2.60. The van der Waals surface area contributed by atoms with Gasteiger partial charge in [0.05, 0.1) is 24.4 Å².